The zero-order valence-corrected chi connectivity index (χ0v) is 16.1. The van der Waals surface area contributed by atoms with Crippen molar-refractivity contribution in [2.45, 2.75) is 27.2 Å². The molecule has 2 aromatic carbocycles. The second kappa shape index (κ2) is 8.58. The number of carbonyl (C=O) groups is 1. The first-order valence-corrected chi connectivity index (χ1v) is 9.50. The van der Waals surface area contributed by atoms with Gasteiger partial charge in [0.25, 0.3) is 0 Å². The van der Waals surface area contributed by atoms with Crippen LogP contribution in [0.15, 0.2) is 70.4 Å². The average molecular weight is 359 g/mol. The lowest BCUT2D eigenvalue weighted by molar-refractivity contribution is 0.106. The van der Waals surface area contributed by atoms with Gasteiger partial charge in [0.05, 0.1) is 0 Å². The summed E-state index contributed by atoms with van der Waals surface area (Å²) in [7, 11) is 0. The summed E-state index contributed by atoms with van der Waals surface area (Å²) < 4.78 is 0. The van der Waals surface area contributed by atoms with Gasteiger partial charge in [0.15, 0.2) is 5.84 Å². The molecule has 0 radical (unpaired) electrons. The molecule has 4 heteroatoms. The van der Waals surface area contributed by atoms with E-state index in [2.05, 4.69) is 41.9 Å². The SMILES string of the molecule is CCC1=C/c2ccccc2/C(C(=O)c2ccccc2)=N/N=C\1N(CC)CC. The van der Waals surface area contributed by atoms with Gasteiger partial charge in [-0.15, -0.1) is 10.2 Å². The van der Waals surface area contributed by atoms with Crippen LogP contribution in [0.25, 0.3) is 6.08 Å². The molecule has 0 aliphatic carbocycles. The van der Waals surface area contributed by atoms with Crippen molar-refractivity contribution >= 4 is 23.4 Å². The van der Waals surface area contributed by atoms with Crippen LogP contribution >= 0.6 is 0 Å². The number of benzene rings is 2. The lowest BCUT2D eigenvalue weighted by atomic mass is 9.94. The Morgan fingerprint density at radius 1 is 0.889 bits per heavy atom. The van der Waals surface area contributed by atoms with Crippen molar-refractivity contribution in [3.63, 3.8) is 0 Å². The average Bonchev–Trinajstić information content (AvgIpc) is 2.71. The fourth-order valence-electron chi connectivity index (χ4n) is 3.25. The summed E-state index contributed by atoms with van der Waals surface area (Å²) in [4.78, 5) is 15.3. The minimum Gasteiger partial charge on any atom is -0.355 e. The van der Waals surface area contributed by atoms with Crippen LogP contribution in [0.2, 0.25) is 0 Å². The van der Waals surface area contributed by atoms with Gasteiger partial charge in [-0.25, -0.2) is 0 Å². The molecule has 0 fully saturated rings. The van der Waals surface area contributed by atoms with Crippen LogP contribution in [0.5, 0.6) is 0 Å². The molecule has 0 saturated heterocycles. The summed E-state index contributed by atoms with van der Waals surface area (Å²) in [6.07, 6.45) is 2.99. The van der Waals surface area contributed by atoms with E-state index in [-0.39, 0.29) is 5.78 Å². The van der Waals surface area contributed by atoms with Crippen LogP contribution in [-0.4, -0.2) is 35.3 Å². The second-order valence-electron chi connectivity index (χ2n) is 6.35. The highest BCUT2D eigenvalue weighted by molar-refractivity contribution is 6.52. The maximum absolute atomic E-state index is 13.2. The summed E-state index contributed by atoms with van der Waals surface area (Å²) in [6, 6.07) is 17.2. The number of likely N-dealkylation sites (N-methyl/N-ethyl adjacent to an activating group) is 1. The summed E-state index contributed by atoms with van der Waals surface area (Å²) in [5.41, 5.74) is 3.94. The number of hydrogen-bond donors (Lipinski definition) is 0. The van der Waals surface area contributed by atoms with Crippen LogP contribution in [0.3, 0.4) is 0 Å². The molecule has 0 N–H and O–H groups in total. The van der Waals surface area contributed by atoms with Crippen molar-refractivity contribution in [2.24, 2.45) is 10.2 Å². The molecular formula is C23H25N3O. The first kappa shape index (κ1) is 18.8. The number of carbonyl (C=O) groups excluding carboxylic acids is 1. The number of ketones is 1. The lowest BCUT2D eigenvalue weighted by Crippen LogP contribution is -2.32. The molecule has 4 nitrogen and oxygen atoms in total. The zero-order valence-electron chi connectivity index (χ0n) is 16.1. The normalized spacial score (nSPS) is 19.3. The molecule has 138 valence electrons. The van der Waals surface area contributed by atoms with Crippen LogP contribution in [0.1, 0.15) is 48.7 Å². The highest BCUT2D eigenvalue weighted by Crippen LogP contribution is 2.22. The molecule has 0 unspecified atom stereocenters. The highest BCUT2D eigenvalue weighted by Gasteiger charge is 2.22. The molecule has 1 aliphatic rings. The number of rotatable bonds is 5. The van der Waals surface area contributed by atoms with Crippen molar-refractivity contribution in [1.29, 1.82) is 0 Å². The Morgan fingerprint density at radius 3 is 2.22 bits per heavy atom. The predicted molar refractivity (Wildman–Crippen MR) is 112 cm³/mol. The van der Waals surface area contributed by atoms with Crippen LogP contribution in [0, 0.1) is 0 Å². The molecule has 1 heterocycles. The van der Waals surface area contributed by atoms with E-state index in [1.807, 2.05) is 54.6 Å². The van der Waals surface area contributed by atoms with Gasteiger partial charge in [-0.05, 0) is 37.5 Å². The number of amidine groups is 1. The molecule has 3 rings (SSSR count). The number of nitrogens with zero attached hydrogens (tertiary/aromatic N) is 3. The summed E-state index contributed by atoms with van der Waals surface area (Å²) in [5, 5.41) is 9.02. The first-order chi connectivity index (χ1) is 13.2. The van der Waals surface area contributed by atoms with Crippen molar-refractivity contribution in [3.05, 3.63) is 76.9 Å². The van der Waals surface area contributed by atoms with Crippen molar-refractivity contribution in [1.82, 2.24) is 4.90 Å². The maximum Gasteiger partial charge on any atom is 0.213 e. The fourth-order valence-corrected chi connectivity index (χ4v) is 3.25. The van der Waals surface area contributed by atoms with Gasteiger partial charge in [-0.1, -0.05) is 61.5 Å². The third kappa shape index (κ3) is 3.90. The first-order valence-electron chi connectivity index (χ1n) is 9.50. The number of Topliss-reactive ketones (excluding diaryl/α,β-unsaturated/α-hetero) is 1. The minimum absolute atomic E-state index is 0.112. The molecule has 0 atom stereocenters. The van der Waals surface area contributed by atoms with E-state index in [1.54, 1.807) is 0 Å². The van der Waals surface area contributed by atoms with Crippen molar-refractivity contribution in [3.8, 4) is 0 Å². The largest absolute Gasteiger partial charge is 0.355 e. The number of hydrogen-bond acceptors (Lipinski definition) is 4. The molecule has 0 aromatic heterocycles. The van der Waals surface area contributed by atoms with E-state index >= 15 is 0 Å². The summed E-state index contributed by atoms with van der Waals surface area (Å²) in [5.74, 6) is 0.731. The molecule has 0 bridgehead atoms. The zero-order chi connectivity index (χ0) is 19.2. The van der Waals surface area contributed by atoms with Gasteiger partial charge in [0.2, 0.25) is 5.78 Å². The van der Waals surface area contributed by atoms with Gasteiger partial charge in [0, 0.05) is 24.2 Å². The van der Waals surface area contributed by atoms with Crippen LogP contribution < -0.4 is 0 Å². The second-order valence-corrected chi connectivity index (χ2v) is 6.35. The van der Waals surface area contributed by atoms with Crippen molar-refractivity contribution in [2.75, 3.05) is 13.1 Å². The van der Waals surface area contributed by atoms with Gasteiger partial charge in [-0.3, -0.25) is 4.79 Å². The van der Waals surface area contributed by atoms with Gasteiger partial charge in [-0.2, -0.15) is 0 Å². The van der Waals surface area contributed by atoms with Gasteiger partial charge in [0.1, 0.15) is 5.71 Å². The van der Waals surface area contributed by atoms with Gasteiger partial charge >= 0.3 is 0 Å². The Kier molecular flexibility index (Phi) is 5.97. The predicted octanol–water partition coefficient (Wildman–Crippen LogP) is 4.82. The Morgan fingerprint density at radius 2 is 1.56 bits per heavy atom. The minimum atomic E-state index is -0.112. The third-order valence-electron chi connectivity index (χ3n) is 4.77. The van der Waals surface area contributed by atoms with Crippen LogP contribution in [0.4, 0.5) is 0 Å². The molecule has 0 spiro atoms. The monoisotopic (exact) mass is 359 g/mol. The summed E-state index contributed by atoms with van der Waals surface area (Å²) >= 11 is 0. The number of fused-ring (bicyclic) bond motifs is 1. The van der Waals surface area contributed by atoms with E-state index in [4.69, 9.17) is 0 Å². The Hall–Kier alpha value is -3.01. The molecule has 2 aromatic rings. The highest BCUT2D eigenvalue weighted by atomic mass is 16.1. The van der Waals surface area contributed by atoms with E-state index < -0.39 is 0 Å². The third-order valence-corrected chi connectivity index (χ3v) is 4.77. The summed E-state index contributed by atoms with van der Waals surface area (Å²) in [6.45, 7) is 8.00. The van der Waals surface area contributed by atoms with Crippen molar-refractivity contribution < 1.29 is 4.79 Å². The molecule has 0 saturated carbocycles. The maximum atomic E-state index is 13.2. The van der Waals surface area contributed by atoms with E-state index in [1.165, 1.54) is 0 Å². The van der Waals surface area contributed by atoms with Crippen LogP contribution in [-0.2, 0) is 0 Å². The fraction of sp³-hybridized carbons (Fsp3) is 0.261. The molecule has 0 amide bonds. The van der Waals surface area contributed by atoms with E-state index in [0.717, 1.165) is 42.0 Å². The standard InChI is InChI=1S/C23H25N3O/c1-4-17-16-19-14-10-11-15-20(19)21(22(27)18-12-8-7-9-13-18)24-25-23(17)26(5-2)6-3/h7-16H,4-6H2,1-3H3/b17-16-,19-16?,21-20?,23-17?,24-21-,25-23+,25-24?. The molecule has 27 heavy (non-hydrogen) atoms. The lowest BCUT2D eigenvalue weighted by Gasteiger charge is -2.25. The Balaban J connectivity index is 2.19. The Bertz CT molecular complexity index is 906. The smallest absolute Gasteiger partial charge is 0.213 e. The van der Waals surface area contributed by atoms with E-state index in [0.29, 0.717) is 11.3 Å². The van der Waals surface area contributed by atoms with E-state index in [9.17, 15) is 4.79 Å². The molecular weight excluding hydrogens is 334 g/mol. The van der Waals surface area contributed by atoms with Gasteiger partial charge < -0.3 is 4.90 Å². The topological polar surface area (TPSA) is 45.0 Å². The quantitative estimate of drug-likeness (QED) is 0.718. The molecule has 1 aliphatic heterocycles. The Labute approximate surface area is 160 Å².